The third-order valence-corrected chi connectivity index (χ3v) is 4.35. The van der Waals surface area contributed by atoms with Gasteiger partial charge in [0.25, 0.3) is 0 Å². The molecule has 0 fully saturated rings. The fraction of sp³-hybridized carbons (Fsp3) is 0.316. The normalized spacial score (nSPS) is 13.7. The molecule has 0 amide bonds. The summed E-state index contributed by atoms with van der Waals surface area (Å²) in [4.78, 5) is 7.30. The molecular formula is C19H24N4O2. The smallest absolute Gasteiger partial charge is 0.123 e. The predicted octanol–water partition coefficient (Wildman–Crippen LogP) is 2.41. The molecule has 0 radical (unpaired) electrons. The number of ether oxygens (including phenoxy) is 1. The molecule has 0 aliphatic carbocycles. The van der Waals surface area contributed by atoms with Gasteiger partial charge in [0.2, 0.25) is 0 Å². The molecule has 0 unspecified atom stereocenters. The van der Waals surface area contributed by atoms with Gasteiger partial charge in [-0.1, -0.05) is 6.07 Å². The number of H-pyrrole nitrogens is 1. The minimum absolute atomic E-state index is 0.210. The van der Waals surface area contributed by atoms with Crippen LogP contribution in [-0.4, -0.2) is 34.8 Å². The molecule has 132 valence electrons. The number of nitrogens with one attached hydrogen (secondary N) is 2. The highest BCUT2D eigenvalue weighted by Crippen LogP contribution is 2.24. The minimum atomic E-state index is -0.612. The van der Waals surface area contributed by atoms with Crippen LogP contribution in [0.3, 0.4) is 0 Å². The number of nitrogens with zero attached hydrogens (tertiary/aromatic N) is 1. The van der Waals surface area contributed by atoms with Crippen molar-refractivity contribution in [3.63, 3.8) is 0 Å². The van der Waals surface area contributed by atoms with Gasteiger partial charge in [-0.15, -0.1) is 0 Å². The number of nitrogen functional groups attached to an aromatic ring is 1. The zero-order valence-electron chi connectivity index (χ0n) is 14.5. The number of hydrogen-bond acceptors (Lipinski definition) is 5. The van der Waals surface area contributed by atoms with E-state index in [1.807, 2.05) is 24.4 Å². The molecule has 0 aliphatic rings. The van der Waals surface area contributed by atoms with Crippen molar-refractivity contribution in [1.82, 2.24) is 15.3 Å². The predicted molar refractivity (Wildman–Crippen MR) is 99.6 cm³/mol. The maximum absolute atomic E-state index is 10.3. The molecule has 2 atom stereocenters. The van der Waals surface area contributed by atoms with E-state index in [0.717, 1.165) is 28.6 Å². The molecule has 0 spiro atoms. The molecule has 0 saturated heterocycles. The SMILES string of the molecule is COc1ccc2[nH]cc(C[C@@H](C)NC[C@H](O)c3ccc(N)nc3)c2c1. The van der Waals surface area contributed by atoms with Gasteiger partial charge in [0.05, 0.1) is 13.2 Å². The number of pyridine rings is 1. The molecule has 6 heteroatoms. The lowest BCUT2D eigenvalue weighted by Gasteiger charge is -2.17. The quantitative estimate of drug-likeness (QED) is 0.530. The highest BCUT2D eigenvalue weighted by atomic mass is 16.5. The second kappa shape index (κ2) is 7.55. The van der Waals surface area contributed by atoms with Crippen LogP contribution in [0.5, 0.6) is 5.75 Å². The fourth-order valence-electron chi connectivity index (χ4n) is 2.90. The third-order valence-electron chi connectivity index (χ3n) is 4.35. The first-order chi connectivity index (χ1) is 12.1. The Hall–Kier alpha value is -2.57. The number of methoxy groups -OCH3 is 1. The first-order valence-electron chi connectivity index (χ1n) is 8.33. The lowest BCUT2D eigenvalue weighted by Crippen LogP contribution is -2.32. The number of fused-ring (bicyclic) bond motifs is 1. The molecule has 2 heterocycles. The Bertz CT molecular complexity index is 829. The van der Waals surface area contributed by atoms with Crippen molar-refractivity contribution >= 4 is 16.7 Å². The summed E-state index contributed by atoms with van der Waals surface area (Å²) < 4.78 is 5.31. The number of rotatable bonds is 7. The van der Waals surface area contributed by atoms with Crippen molar-refractivity contribution in [1.29, 1.82) is 0 Å². The Balaban J connectivity index is 1.60. The number of aliphatic hydroxyl groups is 1. The van der Waals surface area contributed by atoms with E-state index in [0.29, 0.717) is 12.4 Å². The van der Waals surface area contributed by atoms with Crippen molar-refractivity contribution in [2.45, 2.75) is 25.5 Å². The fourth-order valence-corrected chi connectivity index (χ4v) is 2.90. The van der Waals surface area contributed by atoms with Gasteiger partial charge in [0.1, 0.15) is 11.6 Å². The van der Waals surface area contributed by atoms with Gasteiger partial charge in [-0.05, 0) is 43.2 Å². The summed E-state index contributed by atoms with van der Waals surface area (Å²) in [6, 6.07) is 9.71. The summed E-state index contributed by atoms with van der Waals surface area (Å²) in [5, 5.41) is 14.8. The van der Waals surface area contributed by atoms with Crippen LogP contribution in [0.4, 0.5) is 5.82 Å². The van der Waals surface area contributed by atoms with Crippen LogP contribution in [0.2, 0.25) is 0 Å². The standard InChI is InChI=1S/C19H24N4O2/c1-12(21-11-18(24)13-3-6-19(20)23-9-13)7-14-10-22-17-5-4-15(25-2)8-16(14)17/h3-6,8-10,12,18,21-22,24H,7,11H2,1-2H3,(H2,20,23)/t12-,18+/m1/s1. The maximum atomic E-state index is 10.3. The molecule has 1 aromatic carbocycles. The topological polar surface area (TPSA) is 96.2 Å². The van der Waals surface area contributed by atoms with Gasteiger partial charge in [0.15, 0.2) is 0 Å². The zero-order chi connectivity index (χ0) is 17.8. The summed E-state index contributed by atoms with van der Waals surface area (Å²) >= 11 is 0. The van der Waals surface area contributed by atoms with Crippen molar-refractivity contribution in [2.24, 2.45) is 0 Å². The highest BCUT2D eigenvalue weighted by molar-refractivity contribution is 5.84. The summed E-state index contributed by atoms with van der Waals surface area (Å²) in [7, 11) is 1.67. The van der Waals surface area contributed by atoms with E-state index in [4.69, 9.17) is 10.5 Å². The number of aromatic nitrogens is 2. The second-order valence-electron chi connectivity index (χ2n) is 6.27. The van der Waals surface area contributed by atoms with E-state index in [2.05, 4.69) is 22.2 Å². The Morgan fingerprint density at radius 2 is 2.16 bits per heavy atom. The first kappa shape index (κ1) is 17.3. The lowest BCUT2D eigenvalue weighted by atomic mass is 10.1. The van der Waals surface area contributed by atoms with Gasteiger partial charge >= 0.3 is 0 Å². The van der Waals surface area contributed by atoms with E-state index in [1.165, 1.54) is 5.56 Å². The molecule has 25 heavy (non-hydrogen) atoms. The average molecular weight is 340 g/mol. The van der Waals surface area contributed by atoms with Crippen molar-refractivity contribution in [2.75, 3.05) is 19.4 Å². The highest BCUT2D eigenvalue weighted by Gasteiger charge is 2.12. The molecule has 0 aliphatic heterocycles. The Kier molecular flexibility index (Phi) is 5.21. The molecular weight excluding hydrogens is 316 g/mol. The van der Waals surface area contributed by atoms with Crippen LogP contribution in [0.25, 0.3) is 10.9 Å². The summed E-state index contributed by atoms with van der Waals surface area (Å²) in [6.07, 6.45) is 3.87. The number of anilines is 1. The number of benzene rings is 1. The van der Waals surface area contributed by atoms with Crippen LogP contribution in [0.15, 0.2) is 42.7 Å². The monoisotopic (exact) mass is 340 g/mol. The Morgan fingerprint density at radius 3 is 2.88 bits per heavy atom. The van der Waals surface area contributed by atoms with Gasteiger partial charge in [-0.2, -0.15) is 0 Å². The number of aromatic amines is 1. The van der Waals surface area contributed by atoms with Crippen molar-refractivity contribution < 1.29 is 9.84 Å². The largest absolute Gasteiger partial charge is 0.497 e. The van der Waals surface area contributed by atoms with Gasteiger partial charge in [-0.3, -0.25) is 0 Å². The van der Waals surface area contributed by atoms with Crippen LogP contribution in [0.1, 0.15) is 24.2 Å². The molecule has 2 aromatic heterocycles. The number of aliphatic hydroxyl groups excluding tert-OH is 1. The van der Waals surface area contributed by atoms with Crippen molar-refractivity contribution in [3.05, 3.63) is 53.9 Å². The van der Waals surface area contributed by atoms with E-state index in [-0.39, 0.29) is 6.04 Å². The van der Waals surface area contributed by atoms with Crippen LogP contribution >= 0.6 is 0 Å². The Labute approximate surface area is 147 Å². The molecule has 6 nitrogen and oxygen atoms in total. The first-order valence-corrected chi connectivity index (χ1v) is 8.33. The minimum Gasteiger partial charge on any atom is -0.497 e. The van der Waals surface area contributed by atoms with Crippen LogP contribution in [-0.2, 0) is 6.42 Å². The third kappa shape index (κ3) is 4.10. The van der Waals surface area contributed by atoms with E-state index >= 15 is 0 Å². The molecule has 5 N–H and O–H groups in total. The van der Waals surface area contributed by atoms with Crippen LogP contribution in [0, 0.1) is 0 Å². The average Bonchev–Trinajstić information content (AvgIpc) is 3.02. The summed E-state index contributed by atoms with van der Waals surface area (Å²) in [6.45, 7) is 2.56. The second-order valence-corrected chi connectivity index (χ2v) is 6.27. The Morgan fingerprint density at radius 1 is 1.32 bits per heavy atom. The lowest BCUT2D eigenvalue weighted by molar-refractivity contribution is 0.170. The zero-order valence-corrected chi connectivity index (χ0v) is 14.5. The van der Waals surface area contributed by atoms with Crippen LogP contribution < -0.4 is 15.8 Å². The van der Waals surface area contributed by atoms with E-state index < -0.39 is 6.10 Å². The van der Waals surface area contributed by atoms with Crippen molar-refractivity contribution in [3.8, 4) is 5.75 Å². The molecule has 0 saturated carbocycles. The summed E-state index contributed by atoms with van der Waals surface area (Å²) in [5.74, 6) is 1.30. The van der Waals surface area contributed by atoms with E-state index in [9.17, 15) is 5.11 Å². The van der Waals surface area contributed by atoms with E-state index in [1.54, 1.807) is 25.4 Å². The van der Waals surface area contributed by atoms with Gasteiger partial charge in [-0.25, -0.2) is 4.98 Å². The molecule has 3 rings (SSSR count). The van der Waals surface area contributed by atoms with Gasteiger partial charge in [0, 0.05) is 41.4 Å². The molecule has 0 bridgehead atoms. The molecule has 3 aromatic rings. The van der Waals surface area contributed by atoms with Gasteiger partial charge < -0.3 is 25.9 Å². The maximum Gasteiger partial charge on any atom is 0.123 e. The summed E-state index contributed by atoms with van der Waals surface area (Å²) in [5.41, 5.74) is 8.64. The number of hydrogen-bond donors (Lipinski definition) is 4. The number of nitrogens with two attached hydrogens (primary N) is 1.